The maximum Gasteiger partial charge on any atom is 0.291 e. The number of carbonyl (C=O) groups excluding carboxylic acids is 3. The van der Waals surface area contributed by atoms with Crippen molar-refractivity contribution in [2.24, 2.45) is 5.92 Å². The van der Waals surface area contributed by atoms with Crippen molar-refractivity contribution in [3.8, 4) is 0 Å². The summed E-state index contributed by atoms with van der Waals surface area (Å²) in [6.07, 6.45) is 0. The lowest BCUT2D eigenvalue weighted by Gasteiger charge is -2.27. The molecule has 1 fully saturated rings. The molecule has 0 bridgehead atoms. The van der Waals surface area contributed by atoms with E-state index in [9.17, 15) is 14.4 Å². The number of carbonyl (C=O) groups is 3. The summed E-state index contributed by atoms with van der Waals surface area (Å²) in [5.74, 6) is -2.58. The Morgan fingerprint density at radius 1 is 1.07 bits per heavy atom. The van der Waals surface area contributed by atoms with Crippen molar-refractivity contribution in [1.82, 2.24) is 4.90 Å². The topological polar surface area (TPSA) is 58.9 Å². The van der Waals surface area contributed by atoms with Gasteiger partial charge in [-0.1, -0.05) is 41.4 Å². The van der Waals surface area contributed by atoms with E-state index >= 15 is 0 Å². The molecule has 0 radical (unpaired) electrons. The average Bonchev–Trinajstić information content (AvgIpc) is 2.93. The number of halogens is 1. The predicted molar refractivity (Wildman–Crippen MR) is 112 cm³/mol. The summed E-state index contributed by atoms with van der Waals surface area (Å²) < 4.78 is 0. The van der Waals surface area contributed by atoms with Crippen molar-refractivity contribution in [2.75, 3.05) is 27.2 Å². The van der Waals surface area contributed by atoms with Gasteiger partial charge in [-0.05, 0) is 43.2 Å². The van der Waals surface area contributed by atoms with Gasteiger partial charge >= 0.3 is 0 Å². The first-order valence-corrected chi connectivity index (χ1v) is 10.1. The molecule has 1 aliphatic rings. The summed E-state index contributed by atoms with van der Waals surface area (Å²) in [7, 11) is 3.97. The van der Waals surface area contributed by atoms with Crippen LogP contribution in [0.15, 0.2) is 42.5 Å². The number of Topliss-reactive ketones (excluding diaryl/α,β-unsaturated/α-hetero) is 2. The van der Waals surface area contributed by atoms with Crippen LogP contribution in [-0.4, -0.2) is 49.6 Å². The normalized spacial score (nSPS) is 19.3. The van der Waals surface area contributed by atoms with Crippen LogP contribution >= 0.6 is 11.6 Å². The number of likely N-dealkylation sites (tertiary alicyclic amines) is 1. The fourth-order valence-electron chi connectivity index (χ4n) is 3.77. The van der Waals surface area contributed by atoms with Gasteiger partial charge < -0.3 is 9.80 Å². The molecule has 1 amide bonds. The molecule has 3 rings (SSSR count). The molecule has 0 saturated carbocycles. The maximum absolute atomic E-state index is 13.5. The summed E-state index contributed by atoms with van der Waals surface area (Å²) in [5, 5.41) is 0.561. The molecule has 6 heteroatoms. The standard InChI is InChI=1S/C23H25ClN2O3/c1-14-5-6-15(2)18(13-14)21(27)19-20(16-7-9-17(24)10-8-16)26(12-11-25(3)4)23(29)22(19)28/h5-10,13,19-20H,11-12H2,1-4H3/p+1. The molecule has 29 heavy (non-hydrogen) atoms. The minimum absolute atomic E-state index is 0.302. The van der Waals surface area contributed by atoms with E-state index in [1.807, 2.05) is 40.1 Å². The molecule has 1 aliphatic heterocycles. The molecule has 2 atom stereocenters. The lowest BCUT2D eigenvalue weighted by Crippen LogP contribution is -3.06. The second kappa shape index (κ2) is 8.47. The van der Waals surface area contributed by atoms with Gasteiger partial charge in [0.2, 0.25) is 5.78 Å². The summed E-state index contributed by atoms with van der Waals surface area (Å²) in [6, 6.07) is 12.0. The summed E-state index contributed by atoms with van der Waals surface area (Å²) in [5.41, 5.74) is 2.97. The van der Waals surface area contributed by atoms with Gasteiger partial charge in [0.25, 0.3) is 5.91 Å². The van der Waals surface area contributed by atoms with E-state index in [1.165, 1.54) is 0 Å². The van der Waals surface area contributed by atoms with Gasteiger partial charge in [0, 0.05) is 10.6 Å². The third kappa shape index (κ3) is 4.26. The third-order valence-electron chi connectivity index (χ3n) is 5.41. The molecule has 0 aromatic heterocycles. The first-order valence-electron chi connectivity index (χ1n) is 9.71. The van der Waals surface area contributed by atoms with Crippen molar-refractivity contribution >= 4 is 29.1 Å². The zero-order chi connectivity index (χ0) is 21.3. The highest BCUT2D eigenvalue weighted by Crippen LogP contribution is 2.38. The number of hydrogen-bond acceptors (Lipinski definition) is 3. The highest BCUT2D eigenvalue weighted by molar-refractivity contribution is 6.44. The highest BCUT2D eigenvalue weighted by Gasteiger charge is 2.51. The fourth-order valence-corrected chi connectivity index (χ4v) is 3.90. The smallest absolute Gasteiger partial charge is 0.291 e. The van der Waals surface area contributed by atoms with Gasteiger partial charge in [-0.25, -0.2) is 0 Å². The monoisotopic (exact) mass is 413 g/mol. The van der Waals surface area contributed by atoms with Gasteiger partial charge in [0.05, 0.1) is 33.2 Å². The second-order valence-corrected chi connectivity index (χ2v) is 8.41. The van der Waals surface area contributed by atoms with E-state index in [2.05, 4.69) is 0 Å². The van der Waals surface area contributed by atoms with Crippen LogP contribution in [0.2, 0.25) is 5.02 Å². The quantitative estimate of drug-likeness (QED) is 0.448. The van der Waals surface area contributed by atoms with Crippen LogP contribution in [0.3, 0.4) is 0 Å². The van der Waals surface area contributed by atoms with Gasteiger partial charge in [-0.3, -0.25) is 14.4 Å². The van der Waals surface area contributed by atoms with Crippen LogP contribution in [0.5, 0.6) is 0 Å². The van der Waals surface area contributed by atoms with E-state index in [0.717, 1.165) is 21.6 Å². The molecule has 1 saturated heterocycles. The van der Waals surface area contributed by atoms with Crippen molar-refractivity contribution < 1.29 is 19.3 Å². The Morgan fingerprint density at radius 3 is 2.34 bits per heavy atom. The number of nitrogens with one attached hydrogen (secondary N) is 1. The Kier molecular flexibility index (Phi) is 6.20. The minimum atomic E-state index is -1.05. The lowest BCUT2D eigenvalue weighted by molar-refractivity contribution is -0.857. The largest absolute Gasteiger partial charge is 0.338 e. The number of ketones is 2. The molecule has 2 unspecified atom stereocenters. The highest BCUT2D eigenvalue weighted by atomic mass is 35.5. The first kappa shape index (κ1) is 21.2. The molecule has 0 spiro atoms. The van der Waals surface area contributed by atoms with E-state index in [0.29, 0.717) is 23.7 Å². The van der Waals surface area contributed by atoms with Crippen molar-refractivity contribution in [2.45, 2.75) is 19.9 Å². The molecule has 152 valence electrons. The van der Waals surface area contributed by atoms with Crippen LogP contribution in [0.25, 0.3) is 0 Å². The molecular weight excluding hydrogens is 388 g/mol. The second-order valence-electron chi connectivity index (χ2n) is 7.98. The Morgan fingerprint density at radius 2 is 1.72 bits per heavy atom. The maximum atomic E-state index is 13.5. The first-order chi connectivity index (χ1) is 13.7. The molecule has 5 nitrogen and oxygen atoms in total. The predicted octanol–water partition coefficient (Wildman–Crippen LogP) is 2.05. The molecule has 2 aromatic rings. The van der Waals surface area contributed by atoms with Crippen LogP contribution < -0.4 is 4.90 Å². The van der Waals surface area contributed by atoms with E-state index in [-0.39, 0.29) is 5.78 Å². The number of nitrogens with zero attached hydrogens (tertiary/aromatic N) is 1. The Bertz CT molecular complexity index is 953. The van der Waals surface area contributed by atoms with Crippen LogP contribution in [0.1, 0.15) is 33.1 Å². The molecule has 0 aliphatic carbocycles. The Labute approximate surface area is 176 Å². The number of likely N-dealkylation sites (N-methyl/N-ethyl adjacent to an activating group) is 1. The number of hydrogen-bond donors (Lipinski definition) is 1. The van der Waals surface area contributed by atoms with E-state index < -0.39 is 23.7 Å². The van der Waals surface area contributed by atoms with E-state index in [1.54, 1.807) is 35.2 Å². The fraction of sp³-hybridized carbons (Fsp3) is 0.348. The molecule has 2 aromatic carbocycles. The van der Waals surface area contributed by atoms with Crippen LogP contribution in [0.4, 0.5) is 0 Å². The van der Waals surface area contributed by atoms with Crippen molar-refractivity contribution in [3.63, 3.8) is 0 Å². The number of quaternary nitrogens is 1. The zero-order valence-electron chi connectivity index (χ0n) is 17.2. The Balaban J connectivity index is 2.07. The number of aryl methyl sites for hydroxylation is 2. The Hall–Kier alpha value is -2.50. The third-order valence-corrected chi connectivity index (χ3v) is 5.66. The van der Waals surface area contributed by atoms with Crippen LogP contribution in [-0.2, 0) is 9.59 Å². The number of amides is 1. The average molecular weight is 414 g/mol. The van der Waals surface area contributed by atoms with Crippen molar-refractivity contribution in [1.29, 1.82) is 0 Å². The van der Waals surface area contributed by atoms with Gasteiger partial charge in [-0.15, -0.1) is 0 Å². The van der Waals surface area contributed by atoms with Gasteiger partial charge in [0.1, 0.15) is 5.92 Å². The minimum Gasteiger partial charge on any atom is -0.338 e. The molecular formula is C23H26ClN2O3+. The van der Waals surface area contributed by atoms with Crippen molar-refractivity contribution in [3.05, 3.63) is 69.7 Å². The zero-order valence-corrected chi connectivity index (χ0v) is 17.9. The lowest BCUT2D eigenvalue weighted by atomic mass is 9.84. The SMILES string of the molecule is Cc1ccc(C)c(C(=O)C2C(=O)C(=O)N(CC[NH+](C)C)C2c2ccc(Cl)cc2)c1. The summed E-state index contributed by atoms with van der Waals surface area (Å²) in [4.78, 5) is 42.0. The molecule has 1 heterocycles. The van der Waals surface area contributed by atoms with E-state index in [4.69, 9.17) is 11.6 Å². The summed E-state index contributed by atoms with van der Waals surface area (Å²) >= 11 is 6.03. The summed E-state index contributed by atoms with van der Waals surface area (Å²) in [6.45, 7) is 4.82. The van der Waals surface area contributed by atoms with Crippen LogP contribution in [0, 0.1) is 19.8 Å². The number of rotatable bonds is 6. The van der Waals surface area contributed by atoms with Gasteiger partial charge in [0.15, 0.2) is 5.78 Å². The van der Waals surface area contributed by atoms with Gasteiger partial charge in [-0.2, -0.15) is 0 Å². The number of benzene rings is 2. The molecule has 1 N–H and O–H groups in total.